The maximum Gasteiger partial charge on any atom is 0.186 e. The molecule has 2 aromatic carbocycles. The lowest BCUT2D eigenvalue weighted by atomic mass is 10.1. The van der Waals surface area contributed by atoms with Crippen LogP contribution in [0.15, 0.2) is 42.5 Å². The zero-order valence-corrected chi connectivity index (χ0v) is 14.7. The Hall–Kier alpha value is -2.47. The van der Waals surface area contributed by atoms with Crippen LogP contribution in [0.4, 0.5) is 15.2 Å². The van der Waals surface area contributed by atoms with Crippen LogP contribution in [0.5, 0.6) is 0 Å². The van der Waals surface area contributed by atoms with E-state index in [2.05, 4.69) is 14.8 Å². The Bertz CT molecular complexity index is 914. The molecule has 1 aliphatic heterocycles. The Balaban J connectivity index is 1.46. The number of piperazine rings is 1. The van der Waals surface area contributed by atoms with E-state index < -0.39 is 0 Å². The molecule has 1 saturated heterocycles. The third kappa shape index (κ3) is 3.22. The summed E-state index contributed by atoms with van der Waals surface area (Å²) in [6.45, 7) is 5.11. The van der Waals surface area contributed by atoms with Crippen LogP contribution in [0.1, 0.15) is 17.3 Å². The number of rotatable bonds is 3. The highest BCUT2D eigenvalue weighted by molar-refractivity contribution is 7.22. The van der Waals surface area contributed by atoms with Gasteiger partial charge in [0.05, 0.1) is 10.2 Å². The van der Waals surface area contributed by atoms with Gasteiger partial charge in [-0.25, -0.2) is 9.37 Å². The molecular weight excluding hydrogens is 337 g/mol. The van der Waals surface area contributed by atoms with E-state index in [0.717, 1.165) is 52.8 Å². The van der Waals surface area contributed by atoms with E-state index in [0.29, 0.717) is 0 Å². The van der Waals surface area contributed by atoms with Crippen molar-refractivity contribution in [2.45, 2.75) is 6.92 Å². The van der Waals surface area contributed by atoms with Crippen LogP contribution in [-0.4, -0.2) is 36.9 Å². The highest BCUT2D eigenvalue weighted by Gasteiger charge is 2.20. The third-order valence-corrected chi connectivity index (χ3v) is 5.61. The predicted molar refractivity (Wildman–Crippen MR) is 100 cm³/mol. The second-order valence-corrected chi connectivity index (χ2v) is 7.19. The van der Waals surface area contributed by atoms with Gasteiger partial charge in [0.25, 0.3) is 0 Å². The lowest BCUT2D eigenvalue weighted by Crippen LogP contribution is -2.46. The number of Topliss-reactive ketones (excluding diaryl/α,β-unsaturated/α-hetero) is 1. The average molecular weight is 355 g/mol. The fourth-order valence-corrected chi connectivity index (χ4v) is 4.13. The van der Waals surface area contributed by atoms with Gasteiger partial charge in [0.2, 0.25) is 0 Å². The average Bonchev–Trinajstić information content (AvgIpc) is 3.05. The molecule has 6 heteroatoms. The Morgan fingerprint density at radius 2 is 1.72 bits per heavy atom. The fraction of sp³-hybridized carbons (Fsp3) is 0.263. The Kier molecular flexibility index (Phi) is 4.13. The molecule has 0 bridgehead atoms. The lowest BCUT2D eigenvalue weighted by molar-refractivity contribution is 0.101. The third-order valence-electron chi connectivity index (χ3n) is 4.53. The van der Waals surface area contributed by atoms with E-state index in [1.807, 2.05) is 24.3 Å². The molecule has 0 amide bonds. The van der Waals surface area contributed by atoms with Crippen molar-refractivity contribution in [2.24, 2.45) is 0 Å². The van der Waals surface area contributed by atoms with Crippen molar-refractivity contribution in [3.63, 3.8) is 0 Å². The second kappa shape index (κ2) is 6.44. The molecule has 1 aliphatic rings. The fourth-order valence-electron chi connectivity index (χ4n) is 3.08. The number of carbonyl (C=O) groups is 1. The van der Waals surface area contributed by atoms with Crippen molar-refractivity contribution in [1.29, 1.82) is 0 Å². The number of halogens is 1. The predicted octanol–water partition coefficient (Wildman–Crippen LogP) is 3.96. The molecule has 1 aromatic heterocycles. The first-order valence-electron chi connectivity index (χ1n) is 8.27. The summed E-state index contributed by atoms with van der Waals surface area (Å²) in [4.78, 5) is 20.6. The lowest BCUT2D eigenvalue weighted by Gasteiger charge is -2.36. The van der Waals surface area contributed by atoms with Gasteiger partial charge in [-0.2, -0.15) is 0 Å². The van der Waals surface area contributed by atoms with Crippen molar-refractivity contribution in [1.82, 2.24) is 4.98 Å². The monoisotopic (exact) mass is 355 g/mol. The van der Waals surface area contributed by atoms with Crippen molar-refractivity contribution in [2.75, 3.05) is 36.0 Å². The molecule has 128 valence electrons. The molecule has 3 aromatic rings. The number of fused-ring (bicyclic) bond motifs is 1. The van der Waals surface area contributed by atoms with Gasteiger partial charge in [-0.3, -0.25) is 4.79 Å². The minimum absolute atomic E-state index is 0.0867. The molecule has 0 saturated carbocycles. The Labute approximate surface area is 149 Å². The Morgan fingerprint density at radius 1 is 1.04 bits per heavy atom. The highest BCUT2D eigenvalue weighted by atomic mass is 32.1. The van der Waals surface area contributed by atoms with Gasteiger partial charge in [0.1, 0.15) is 5.82 Å². The zero-order valence-electron chi connectivity index (χ0n) is 13.9. The molecule has 4 rings (SSSR count). The summed E-state index contributed by atoms with van der Waals surface area (Å²) < 4.78 is 14.2. The van der Waals surface area contributed by atoms with Crippen LogP contribution in [0.3, 0.4) is 0 Å². The molecule has 25 heavy (non-hydrogen) atoms. The van der Waals surface area contributed by atoms with Gasteiger partial charge in [-0.05, 0) is 49.4 Å². The normalized spacial score (nSPS) is 15.0. The summed E-state index contributed by atoms with van der Waals surface area (Å²) in [5.41, 5.74) is 2.73. The largest absolute Gasteiger partial charge is 0.368 e. The van der Waals surface area contributed by atoms with Crippen molar-refractivity contribution >= 4 is 38.2 Å². The number of nitrogens with zero attached hydrogens (tertiary/aromatic N) is 3. The molecule has 2 heterocycles. The maximum absolute atomic E-state index is 13.3. The summed E-state index contributed by atoms with van der Waals surface area (Å²) >= 11 is 1.54. The van der Waals surface area contributed by atoms with Crippen molar-refractivity contribution in [3.8, 4) is 0 Å². The summed E-state index contributed by atoms with van der Waals surface area (Å²) in [6.07, 6.45) is 0. The van der Waals surface area contributed by atoms with Crippen molar-refractivity contribution < 1.29 is 9.18 Å². The molecule has 0 atom stereocenters. The van der Waals surface area contributed by atoms with E-state index in [4.69, 9.17) is 0 Å². The SMILES string of the molecule is CC(=O)c1ccc(N2CCN(c3nc4ccc(F)cc4s3)CC2)cc1. The van der Waals surface area contributed by atoms with Gasteiger partial charge in [0.15, 0.2) is 10.9 Å². The number of benzene rings is 2. The van der Waals surface area contributed by atoms with Crippen LogP contribution in [0, 0.1) is 5.82 Å². The van der Waals surface area contributed by atoms with E-state index >= 15 is 0 Å². The first-order valence-corrected chi connectivity index (χ1v) is 9.09. The molecule has 0 radical (unpaired) electrons. The zero-order chi connectivity index (χ0) is 17.4. The molecule has 0 unspecified atom stereocenters. The molecular formula is C19H18FN3OS. The van der Waals surface area contributed by atoms with E-state index in [-0.39, 0.29) is 11.6 Å². The number of hydrogen-bond donors (Lipinski definition) is 0. The van der Waals surface area contributed by atoms with E-state index in [9.17, 15) is 9.18 Å². The quantitative estimate of drug-likeness (QED) is 0.666. The summed E-state index contributed by atoms with van der Waals surface area (Å²) in [6, 6.07) is 12.5. The molecule has 1 fully saturated rings. The summed E-state index contributed by atoms with van der Waals surface area (Å²) in [7, 11) is 0. The number of carbonyl (C=O) groups excluding carboxylic acids is 1. The number of anilines is 2. The number of ketones is 1. The van der Waals surface area contributed by atoms with Gasteiger partial charge < -0.3 is 9.80 Å². The molecule has 0 spiro atoms. The number of hydrogen-bond acceptors (Lipinski definition) is 5. The van der Waals surface area contributed by atoms with Gasteiger partial charge in [0, 0.05) is 37.4 Å². The smallest absolute Gasteiger partial charge is 0.186 e. The first kappa shape index (κ1) is 16.0. The number of aromatic nitrogens is 1. The van der Waals surface area contributed by atoms with Gasteiger partial charge in [-0.1, -0.05) is 11.3 Å². The van der Waals surface area contributed by atoms with Crippen LogP contribution >= 0.6 is 11.3 Å². The minimum atomic E-state index is -0.221. The summed E-state index contributed by atoms with van der Waals surface area (Å²) in [5, 5.41) is 0.951. The highest BCUT2D eigenvalue weighted by Crippen LogP contribution is 2.30. The molecule has 0 N–H and O–H groups in total. The van der Waals surface area contributed by atoms with Gasteiger partial charge in [-0.15, -0.1) is 0 Å². The van der Waals surface area contributed by atoms with Crippen molar-refractivity contribution in [3.05, 3.63) is 53.8 Å². The first-order chi connectivity index (χ1) is 12.1. The van der Waals surface area contributed by atoms with E-state index in [1.54, 1.807) is 19.1 Å². The molecule has 0 aliphatic carbocycles. The van der Waals surface area contributed by atoms with Crippen LogP contribution in [-0.2, 0) is 0 Å². The maximum atomic E-state index is 13.3. The Morgan fingerprint density at radius 3 is 2.40 bits per heavy atom. The number of thiazole rings is 1. The van der Waals surface area contributed by atoms with E-state index in [1.165, 1.54) is 17.4 Å². The summed E-state index contributed by atoms with van der Waals surface area (Å²) in [5.74, 6) is -0.134. The molecule has 4 nitrogen and oxygen atoms in total. The second-order valence-electron chi connectivity index (χ2n) is 6.19. The van der Waals surface area contributed by atoms with Gasteiger partial charge >= 0.3 is 0 Å². The van der Waals surface area contributed by atoms with Crippen LogP contribution < -0.4 is 9.80 Å². The van der Waals surface area contributed by atoms with Crippen LogP contribution in [0.25, 0.3) is 10.2 Å². The topological polar surface area (TPSA) is 36.4 Å². The standard InChI is InChI=1S/C19H18FN3OS/c1-13(24)14-2-5-16(6-3-14)22-8-10-23(11-9-22)19-21-17-7-4-15(20)12-18(17)25-19/h2-7,12H,8-11H2,1H3. The minimum Gasteiger partial charge on any atom is -0.368 e. The van der Waals surface area contributed by atoms with Crippen LogP contribution in [0.2, 0.25) is 0 Å².